The molecular weight excluding hydrogens is 344 g/mol. The minimum Gasteiger partial charge on any atom is -0.487 e. The third-order valence-corrected chi connectivity index (χ3v) is 4.79. The highest BCUT2D eigenvalue weighted by Gasteiger charge is 2.26. The number of rotatable bonds is 7. The zero-order valence-electron chi connectivity index (χ0n) is 12.2. The van der Waals surface area contributed by atoms with Gasteiger partial charge in [0.2, 0.25) is 0 Å². The molecule has 1 saturated heterocycles. The maximum Gasteiger partial charge on any atom is 0.349 e. The van der Waals surface area contributed by atoms with Gasteiger partial charge in [0.15, 0.2) is 11.5 Å². The molecule has 2 aromatic rings. The van der Waals surface area contributed by atoms with Gasteiger partial charge in [-0.1, -0.05) is 11.6 Å². The first kappa shape index (κ1) is 16.0. The number of esters is 1. The molecule has 1 aliphatic heterocycles. The second kappa shape index (κ2) is 6.74. The summed E-state index contributed by atoms with van der Waals surface area (Å²) in [5.41, 5.74) is 0. The van der Waals surface area contributed by atoms with Crippen LogP contribution in [-0.4, -0.2) is 38.4 Å². The maximum atomic E-state index is 12.0. The molecule has 1 fully saturated rings. The third kappa shape index (κ3) is 3.26. The average Bonchev–Trinajstić information content (AvgIpc) is 3.30. The van der Waals surface area contributed by atoms with Gasteiger partial charge in [-0.15, -0.1) is 11.3 Å². The van der Waals surface area contributed by atoms with Gasteiger partial charge in [-0.05, 0) is 19.1 Å². The van der Waals surface area contributed by atoms with E-state index in [0.29, 0.717) is 35.5 Å². The summed E-state index contributed by atoms with van der Waals surface area (Å²) in [5, 5.41) is 0.648. The van der Waals surface area contributed by atoms with Crippen molar-refractivity contribution in [3.63, 3.8) is 0 Å². The van der Waals surface area contributed by atoms with Crippen molar-refractivity contribution >= 4 is 45.5 Å². The SMILES string of the molecule is CCOC(=O)c1sc2ccc(OCC3CO3)c(OC=O)c2c1Cl. The van der Waals surface area contributed by atoms with Crippen molar-refractivity contribution in [3.05, 3.63) is 22.0 Å². The summed E-state index contributed by atoms with van der Waals surface area (Å²) < 4.78 is 21.4. The van der Waals surface area contributed by atoms with Gasteiger partial charge in [-0.3, -0.25) is 4.79 Å². The van der Waals surface area contributed by atoms with Crippen LogP contribution in [0.4, 0.5) is 0 Å². The Kier molecular flexibility index (Phi) is 4.70. The fraction of sp³-hybridized carbons (Fsp3) is 0.333. The van der Waals surface area contributed by atoms with Crippen molar-refractivity contribution in [2.45, 2.75) is 13.0 Å². The minimum absolute atomic E-state index is 0.0582. The number of fused-ring (bicyclic) bond motifs is 1. The van der Waals surface area contributed by atoms with Crippen molar-refractivity contribution < 1.29 is 28.5 Å². The van der Waals surface area contributed by atoms with Gasteiger partial charge in [-0.2, -0.15) is 0 Å². The van der Waals surface area contributed by atoms with E-state index in [1.54, 1.807) is 19.1 Å². The Hall–Kier alpha value is -1.83. The van der Waals surface area contributed by atoms with E-state index >= 15 is 0 Å². The quantitative estimate of drug-likeness (QED) is 0.431. The molecule has 1 atom stereocenters. The lowest BCUT2D eigenvalue weighted by Crippen LogP contribution is -2.05. The molecule has 23 heavy (non-hydrogen) atoms. The molecule has 8 heteroatoms. The number of ether oxygens (including phenoxy) is 4. The lowest BCUT2D eigenvalue weighted by Gasteiger charge is -2.10. The molecule has 0 bridgehead atoms. The molecular formula is C15H13ClO6S. The molecule has 1 unspecified atom stereocenters. The molecule has 2 heterocycles. The lowest BCUT2D eigenvalue weighted by molar-refractivity contribution is -0.120. The van der Waals surface area contributed by atoms with E-state index in [1.807, 2.05) is 0 Å². The van der Waals surface area contributed by atoms with Crippen LogP contribution >= 0.6 is 22.9 Å². The molecule has 3 rings (SSSR count). The number of hydrogen-bond donors (Lipinski definition) is 0. The van der Waals surface area contributed by atoms with Crippen LogP contribution in [0.25, 0.3) is 10.1 Å². The summed E-state index contributed by atoms with van der Waals surface area (Å²) >= 11 is 7.48. The fourth-order valence-electron chi connectivity index (χ4n) is 2.06. The summed E-state index contributed by atoms with van der Waals surface area (Å²) in [6.07, 6.45) is 0.0582. The van der Waals surface area contributed by atoms with Crippen LogP contribution in [-0.2, 0) is 14.3 Å². The van der Waals surface area contributed by atoms with Gasteiger partial charge in [0.05, 0.1) is 23.6 Å². The molecule has 1 aliphatic rings. The third-order valence-electron chi connectivity index (χ3n) is 3.17. The number of thiophene rings is 1. The first-order chi connectivity index (χ1) is 11.2. The summed E-state index contributed by atoms with van der Waals surface area (Å²) in [5.74, 6) is 0.0507. The highest BCUT2D eigenvalue weighted by molar-refractivity contribution is 7.21. The van der Waals surface area contributed by atoms with Gasteiger partial charge in [-0.25, -0.2) is 4.79 Å². The molecule has 122 valence electrons. The summed E-state index contributed by atoms with van der Waals surface area (Å²) in [4.78, 5) is 23.1. The Labute approximate surface area is 140 Å². The van der Waals surface area contributed by atoms with Crippen LogP contribution < -0.4 is 9.47 Å². The first-order valence-corrected chi connectivity index (χ1v) is 8.12. The minimum atomic E-state index is -0.510. The molecule has 0 radical (unpaired) electrons. The molecule has 1 aromatic carbocycles. The van der Waals surface area contributed by atoms with Crippen LogP contribution in [0, 0.1) is 0 Å². The van der Waals surface area contributed by atoms with Gasteiger partial charge in [0.25, 0.3) is 6.47 Å². The average molecular weight is 357 g/mol. The molecule has 1 aromatic heterocycles. The van der Waals surface area contributed by atoms with Crippen LogP contribution in [0.1, 0.15) is 16.6 Å². The van der Waals surface area contributed by atoms with E-state index in [2.05, 4.69) is 0 Å². The van der Waals surface area contributed by atoms with Crippen LogP contribution in [0.5, 0.6) is 11.5 Å². The Bertz CT molecular complexity index is 752. The Morgan fingerprint density at radius 1 is 1.52 bits per heavy atom. The molecule has 0 spiro atoms. The van der Waals surface area contributed by atoms with Crippen LogP contribution in [0.15, 0.2) is 12.1 Å². The zero-order chi connectivity index (χ0) is 16.4. The number of carbonyl (C=O) groups excluding carboxylic acids is 2. The lowest BCUT2D eigenvalue weighted by atomic mass is 10.2. The van der Waals surface area contributed by atoms with E-state index in [-0.39, 0.29) is 28.4 Å². The molecule has 6 nitrogen and oxygen atoms in total. The number of hydrogen-bond acceptors (Lipinski definition) is 7. The molecule has 0 N–H and O–H groups in total. The number of benzene rings is 1. The Balaban J connectivity index is 2.04. The Morgan fingerprint density at radius 3 is 2.96 bits per heavy atom. The highest BCUT2D eigenvalue weighted by atomic mass is 35.5. The van der Waals surface area contributed by atoms with E-state index in [1.165, 1.54) is 11.3 Å². The van der Waals surface area contributed by atoms with Crippen molar-refractivity contribution in [2.75, 3.05) is 19.8 Å². The summed E-state index contributed by atoms with van der Waals surface area (Å²) in [7, 11) is 0. The van der Waals surface area contributed by atoms with Gasteiger partial charge >= 0.3 is 5.97 Å². The van der Waals surface area contributed by atoms with Gasteiger partial charge in [0, 0.05) is 4.70 Å². The number of halogens is 1. The van der Waals surface area contributed by atoms with Crippen LogP contribution in [0.2, 0.25) is 5.02 Å². The summed E-state index contributed by atoms with van der Waals surface area (Å²) in [6.45, 7) is 3.27. The number of carbonyl (C=O) groups is 2. The zero-order valence-corrected chi connectivity index (χ0v) is 13.7. The van der Waals surface area contributed by atoms with Crippen molar-refractivity contribution in [3.8, 4) is 11.5 Å². The first-order valence-electron chi connectivity index (χ1n) is 6.92. The molecule has 0 aliphatic carbocycles. The standard InChI is InChI=1S/C15H13ClO6S/c1-2-19-15(18)14-12(16)11-10(23-14)4-3-9(13(11)22-7-17)21-6-8-5-20-8/h3-4,7-8H,2,5-6H2,1H3. The van der Waals surface area contributed by atoms with Gasteiger partial charge < -0.3 is 18.9 Å². The predicted molar refractivity (Wildman–Crippen MR) is 84.7 cm³/mol. The normalized spacial score (nSPS) is 16.2. The maximum absolute atomic E-state index is 12.0. The van der Waals surface area contributed by atoms with Crippen LogP contribution in [0.3, 0.4) is 0 Å². The number of epoxide rings is 1. The van der Waals surface area contributed by atoms with E-state index in [9.17, 15) is 9.59 Å². The fourth-order valence-corrected chi connectivity index (χ4v) is 3.48. The largest absolute Gasteiger partial charge is 0.487 e. The second-order valence-electron chi connectivity index (χ2n) is 4.71. The topological polar surface area (TPSA) is 74.4 Å². The smallest absolute Gasteiger partial charge is 0.349 e. The Morgan fingerprint density at radius 2 is 2.30 bits per heavy atom. The van der Waals surface area contributed by atoms with E-state index < -0.39 is 5.97 Å². The monoisotopic (exact) mass is 356 g/mol. The van der Waals surface area contributed by atoms with Crippen molar-refractivity contribution in [1.29, 1.82) is 0 Å². The van der Waals surface area contributed by atoms with Crippen molar-refractivity contribution in [2.24, 2.45) is 0 Å². The second-order valence-corrected chi connectivity index (χ2v) is 6.14. The van der Waals surface area contributed by atoms with E-state index in [0.717, 1.165) is 0 Å². The highest BCUT2D eigenvalue weighted by Crippen LogP contribution is 2.45. The van der Waals surface area contributed by atoms with Crippen molar-refractivity contribution in [1.82, 2.24) is 0 Å². The molecule has 0 saturated carbocycles. The summed E-state index contributed by atoms with van der Waals surface area (Å²) in [6, 6.07) is 3.43. The predicted octanol–water partition coefficient (Wildman–Crippen LogP) is 3.04. The van der Waals surface area contributed by atoms with Gasteiger partial charge in [0.1, 0.15) is 17.6 Å². The molecule has 0 amide bonds. The van der Waals surface area contributed by atoms with E-state index in [4.69, 9.17) is 30.5 Å².